The van der Waals surface area contributed by atoms with Gasteiger partial charge in [0.2, 0.25) is 0 Å². The molecule has 0 aliphatic heterocycles. The van der Waals surface area contributed by atoms with E-state index in [0.717, 1.165) is 52.5 Å². The molecule has 172 valence electrons. The van der Waals surface area contributed by atoms with Gasteiger partial charge in [0.25, 0.3) is 5.91 Å². The van der Waals surface area contributed by atoms with Crippen molar-refractivity contribution in [2.75, 3.05) is 12.8 Å². The van der Waals surface area contributed by atoms with Gasteiger partial charge < -0.3 is 15.8 Å². The smallest absolute Gasteiger partial charge is 0.255 e. The van der Waals surface area contributed by atoms with E-state index in [4.69, 9.17) is 15.6 Å². The molecule has 2 unspecified atom stereocenters. The predicted molar refractivity (Wildman–Crippen MR) is 129 cm³/mol. The predicted octanol–water partition coefficient (Wildman–Crippen LogP) is 3.99. The molecule has 0 radical (unpaired) electrons. The molecular weight excluding hydrogens is 428 g/mol. The van der Waals surface area contributed by atoms with Crippen LogP contribution in [0.4, 0.5) is 5.82 Å². The number of hydrogen-bond donors (Lipinski definition) is 2. The summed E-state index contributed by atoms with van der Waals surface area (Å²) in [5.74, 6) is 2.51. The Hall–Kier alpha value is -3.94. The van der Waals surface area contributed by atoms with Crippen LogP contribution in [0, 0.1) is 11.8 Å². The van der Waals surface area contributed by atoms with Gasteiger partial charge in [0.1, 0.15) is 23.6 Å². The SMILES string of the molecule is COc1ccccc1C(=O)NCc1ccc(-c2nn(C3CC4CC4C3)c3ncnc(N)c23)cc1. The average molecular weight is 455 g/mol. The van der Waals surface area contributed by atoms with Crippen molar-refractivity contribution >= 4 is 22.8 Å². The maximum Gasteiger partial charge on any atom is 0.255 e. The number of aromatic nitrogens is 4. The normalized spacial score (nSPS) is 20.8. The molecule has 2 heterocycles. The number of carbonyl (C=O) groups is 1. The number of benzene rings is 2. The largest absolute Gasteiger partial charge is 0.496 e. The fourth-order valence-electron chi connectivity index (χ4n) is 5.22. The van der Waals surface area contributed by atoms with E-state index in [0.29, 0.717) is 29.7 Å². The van der Waals surface area contributed by atoms with Crippen LogP contribution < -0.4 is 15.8 Å². The first kappa shape index (κ1) is 20.7. The minimum Gasteiger partial charge on any atom is -0.496 e. The number of rotatable bonds is 6. The first-order valence-corrected chi connectivity index (χ1v) is 11.6. The first-order valence-electron chi connectivity index (χ1n) is 11.6. The molecule has 2 fully saturated rings. The molecule has 1 amide bonds. The zero-order valence-corrected chi connectivity index (χ0v) is 18.9. The van der Waals surface area contributed by atoms with E-state index in [1.54, 1.807) is 19.2 Å². The monoisotopic (exact) mass is 454 g/mol. The Morgan fingerprint density at radius 1 is 1.09 bits per heavy atom. The molecule has 34 heavy (non-hydrogen) atoms. The Balaban J connectivity index is 1.24. The van der Waals surface area contributed by atoms with Crippen molar-refractivity contribution in [3.05, 3.63) is 66.0 Å². The van der Waals surface area contributed by atoms with Gasteiger partial charge in [0.05, 0.1) is 24.1 Å². The van der Waals surface area contributed by atoms with E-state index >= 15 is 0 Å². The third-order valence-corrected chi connectivity index (χ3v) is 7.11. The number of fused-ring (bicyclic) bond motifs is 2. The number of amides is 1. The zero-order valence-electron chi connectivity index (χ0n) is 18.9. The van der Waals surface area contributed by atoms with Gasteiger partial charge >= 0.3 is 0 Å². The molecule has 2 aliphatic rings. The molecule has 6 rings (SSSR count). The Kier molecular flexibility index (Phi) is 4.94. The molecule has 0 spiro atoms. The van der Waals surface area contributed by atoms with Crippen LogP contribution in [0.25, 0.3) is 22.3 Å². The summed E-state index contributed by atoms with van der Waals surface area (Å²) in [5, 5.41) is 8.74. The summed E-state index contributed by atoms with van der Waals surface area (Å²) in [4.78, 5) is 21.3. The van der Waals surface area contributed by atoms with Crippen LogP contribution in [0.1, 0.15) is 41.2 Å². The van der Waals surface area contributed by atoms with E-state index in [2.05, 4.69) is 20.0 Å². The average Bonchev–Trinajstić information content (AvgIpc) is 3.29. The molecule has 2 atom stereocenters. The number of carbonyl (C=O) groups excluding carboxylic acids is 1. The van der Waals surface area contributed by atoms with Gasteiger partial charge in [-0.15, -0.1) is 0 Å². The van der Waals surface area contributed by atoms with Crippen molar-refractivity contribution in [1.82, 2.24) is 25.1 Å². The molecule has 3 N–H and O–H groups in total. The number of nitrogens with zero attached hydrogens (tertiary/aromatic N) is 4. The van der Waals surface area contributed by atoms with E-state index in [1.807, 2.05) is 36.4 Å². The highest BCUT2D eigenvalue weighted by Gasteiger charge is 2.47. The fourth-order valence-corrected chi connectivity index (χ4v) is 5.22. The Morgan fingerprint density at radius 2 is 1.85 bits per heavy atom. The topological polar surface area (TPSA) is 108 Å². The van der Waals surface area contributed by atoms with Crippen LogP contribution in [0.15, 0.2) is 54.9 Å². The Bertz CT molecular complexity index is 1370. The van der Waals surface area contributed by atoms with Crippen LogP contribution in [-0.2, 0) is 6.54 Å². The summed E-state index contributed by atoms with van der Waals surface area (Å²) in [5.41, 5.74) is 10.3. The van der Waals surface area contributed by atoms with E-state index in [1.165, 1.54) is 12.7 Å². The molecule has 0 bridgehead atoms. The van der Waals surface area contributed by atoms with Crippen LogP contribution in [0.5, 0.6) is 5.75 Å². The summed E-state index contributed by atoms with van der Waals surface area (Å²) < 4.78 is 7.35. The standard InChI is InChI=1S/C26H26N6O2/c1-34-21-5-3-2-4-20(21)26(33)28-13-15-6-8-16(9-7-15)23-22-24(27)29-14-30-25(22)32(31-23)19-11-17-10-18(17)12-19/h2-9,14,17-19H,10-13H2,1H3,(H,28,33)(H2,27,29,30). The molecule has 8 nitrogen and oxygen atoms in total. The second kappa shape index (κ2) is 8.13. The lowest BCUT2D eigenvalue weighted by Crippen LogP contribution is -2.23. The van der Waals surface area contributed by atoms with Gasteiger partial charge in [-0.05, 0) is 48.8 Å². The third kappa shape index (κ3) is 3.55. The highest BCUT2D eigenvalue weighted by Crippen LogP contribution is 2.56. The number of nitrogens with one attached hydrogen (secondary N) is 1. The molecule has 2 saturated carbocycles. The summed E-state index contributed by atoms with van der Waals surface area (Å²) in [6, 6.07) is 15.6. The lowest BCUT2D eigenvalue weighted by atomic mass is 10.1. The number of anilines is 1. The fraction of sp³-hybridized carbons (Fsp3) is 0.308. The molecular formula is C26H26N6O2. The molecule has 0 saturated heterocycles. The van der Waals surface area contributed by atoms with Crippen molar-refractivity contribution in [3.8, 4) is 17.0 Å². The van der Waals surface area contributed by atoms with Crippen LogP contribution in [-0.4, -0.2) is 32.8 Å². The van der Waals surface area contributed by atoms with Gasteiger partial charge in [-0.1, -0.05) is 36.4 Å². The Labute approximate surface area is 197 Å². The zero-order chi connectivity index (χ0) is 23.2. The Morgan fingerprint density at radius 3 is 2.62 bits per heavy atom. The summed E-state index contributed by atoms with van der Waals surface area (Å²) >= 11 is 0. The number of nitrogen functional groups attached to an aromatic ring is 1. The van der Waals surface area contributed by atoms with Crippen LogP contribution in [0.3, 0.4) is 0 Å². The minimum absolute atomic E-state index is 0.175. The van der Waals surface area contributed by atoms with Crippen molar-refractivity contribution in [2.45, 2.75) is 31.8 Å². The number of nitrogens with two attached hydrogens (primary N) is 1. The van der Waals surface area contributed by atoms with E-state index in [9.17, 15) is 4.79 Å². The van der Waals surface area contributed by atoms with Gasteiger partial charge in [-0.25, -0.2) is 14.6 Å². The van der Waals surface area contributed by atoms with Crippen molar-refractivity contribution in [2.24, 2.45) is 11.8 Å². The summed E-state index contributed by atoms with van der Waals surface area (Å²) in [6.45, 7) is 0.405. The minimum atomic E-state index is -0.175. The van der Waals surface area contributed by atoms with E-state index < -0.39 is 0 Å². The molecule has 2 aromatic heterocycles. The summed E-state index contributed by atoms with van der Waals surface area (Å²) in [6.07, 6.45) is 5.20. The number of methoxy groups -OCH3 is 1. The third-order valence-electron chi connectivity index (χ3n) is 7.11. The number of ether oxygens (including phenoxy) is 1. The second-order valence-corrected chi connectivity index (χ2v) is 9.21. The highest BCUT2D eigenvalue weighted by atomic mass is 16.5. The van der Waals surface area contributed by atoms with E-state index in [-0.39, 0.29) is 5.91 Å². The quantitative estimate of drug-likeness (QED) is 0.456. The maximum absolute atomic E-state index is 12.6. The number of para-hydroxylation sites is 1. The lowest BCUT2D eigenvalue weighted by Gasteiger charge is -2.12. The van der Waals surface area contributed by atoms with Gasteiger partial charge in [-0.2, -0.15) is 5.10 Å². The first-order chi connectivity index (χ1) is 16.6. The maximum atomic E-state index is 12.6. The van der Waals surface area contributed by atoms with Crippen molar-refractivity contribution in [1.29, 1.82) is 0 Å². The second-order valence-electron chi connectivity index (χ2n) is 9.21. The van der Waals surface area contributed by atoms with Crippen molar-refractivity contribution < 1.29 is 9.53 Å². The molecule has 8 heteroatoms. The highest BCUT2D eigenvalue weighted by molar-refractivity contribution is 5.98. The van der Waals surface area contributed by atoms with Crippen LogP contribution >= 0.6 is 0 Å². The van der Waals surface area contributed by atoms with Gasteiger partial charge in [0.15, 0.2) is 5.65 Å². The summed E-state index contributed by atoms with van der Waals surface area (Å²) in [7, 11) is 1.56. The molecule has 4 aromatic rings. The van der Waals surface area contributed by atoms with Gasteiger partial charge in [0, 0.05) is 12.1 Å². The molecule has 2 aromatic carbocycles. The van der Waals surface area contributed by atoms with Crippen molar-refractivity contribution in [3.63, 3.8) is 0 Å². The van der Waals surface area contributed by atoms with Gasteiger partial charge in [-0.3, -0.25) is 4.79 Å². The lowest BCUT2D eigenvalue weighted by molar-refractivity contribution is 0.0948. The molecule has 2 aliphatic carbocycles. The number of hydrogen-bond acceptors (Lipinski definition) is 6. The van der Waals surface area contributed by atoms with Crippen LogP contribution in [0.2, 0.25) is 0 Å².